The van der Waals surface area contributed by atoms with E-state index in [0.29, 0.717) is 18.7 Å². The molecule has 0 unspecified atom stereocenters. The van der Waals surface area contributed by atoms with Gasteiger partial charge in [-0.15, -0.1) is 5.10 Å². The summed E-state index contributed by atoms with van der Waals surface area (Å²) in [6.07, 6.45) is 1.63. The quantitative estimate of drug-likeness (QED) is 0.600. The largest absolute Gasteiger partial charge is 0.387 e. The lowest BCUT2D eigenvalue weighted by Gasteiger charge is -2.02. The molecule has 1 atom stereocenters. The number of hydrogen-bond donors (Lipinski definition) is 2. The highest BCUT2D eigenvalue weighted by molar-refractivity contribution is 4.96. The van der Waals surface area contributed by atoms with E-state index >= 15 is 0 Å². The Balaban J connectivity index is 2.60. The molecule has 0 bridgehead atoms. The molecule has 0 saturated carbocycles. The molecule has 11 heavy (non-hydrogen) atoms. The minimum atomic E-state index is -0.575. The predicted molar refractivity (Wildman–Crippen MR) is 39.6 cm³/mol. The molecule has 1 aromatic heterocycles. The zero-order chi connectivity index (χ0) is 8.27. The smallest absolute Gasteiger partial charge is 0.111 e. The van der Waals surface area contributed by atoms with Crippen molar-refractivity contribution in [2.24, 2.45) is 12.8 Å². The summed E-state index contributed by atoms with van der Waals surface area (Å²) >= 11 is 0. The van der Waals surface area contributed by atoms with Gasteiger partial charge in [-0.3, -0.25) is 4.68 Å². The van der Waals surface area contributed by atoms with Crippen LogP contribution in [0.15, 0.2) is 6.20 Å². The molecule has 1 rings (SSSR count). The fourth-order valence-corrected chi connectivity index (χ4v) is 0.824. The van der Waals surface area contributed by atoms with E-state index in [1.165, 1.54) is 0 Å². The zero-order valence-corrected chi connectivity index (χ0v) is 6.44. The topological polar surface area (TPSA) is 77.0 Å². The van der Waals surface area contributed by atoms with Gasteiger partial charge in [-0.2, -0.15) is 0 Å². The molecular formula is C6H12N4O. The van der Waals surface area contributed by atoms with E-state index in [0.717, 1.165) is 0 Å². The van der Waals surface area contributed by atoms with Gasteiger partial charge in [0, 0.05) is 7.05 Å². The third-order valence-corrected chi connectivity index (χ3v) is 1.40. The van der Waals surface area contributed by atoms with Gasteiger partial charge in [-0.05, 0) is 13.0 Å². The van der Waals surface area contributed by atoms with Crippen molar-refractivity contribution in [3.63, 3.8) is 0 Å². The molecular weight excluding hydrogens is 144 g/mol. The fourth-order valence-electron chi connectivity index (χ4n) is 0.824. The summed E-state index contributed by atoms with van der Waals surface area (Å²) in [7, 11) is 1.76. The Morgan fingerprint density at radius 3 is 3.00 bits per heavy atom. The van der Waals surface area contributed by atoms with Gasteiger partial charge in [0.05, 0.1) is 6.20 Å². The van der Waals surface area contributed by atoms with E-state index in [9.17, 15) is 5.11 Å². The van der Waals surface area contributed by atoms with Crippen molar-refractivity contribution in [3.8, 4) is 0 Å². The number of aliphatic hydroxyl groups is 1. The first-order valence-corrected chi connectivity index (χ1v) is 3.48. The summed E-state index contributed by atoms with van der Waals surface area (Å²) in [5.41, 5.74) is 5.84. The molecule has 0 saturated heterocycles. The summed E-state index contributed by atoms with van der Waals surface area (Å²) in [4.78, 5) is 0. The average molecular weight is 156 g/mol. The first-order valence-electron chi connectivity index (χ1n) is 3.48. The van der Waals surface area contributed by atoms with Crippen molar-refractivity contribution < 1.29 is 5.11 Å². The number of nitrogens with zero attached hydrogens (tertiary/aromatic N) is 3. The van der Waals surface area contributed by atoms with Crippen molar-refractivity contribution in [2.75, 3.05) is 6.54 Å². The predicted octanol–water partition coefficient (Wildman–Crippen LogP) is -0.803. The second kappa shape index (κ2) is 3.45. The normalized spacial score (nSPS) is 13.4. The Morgan fingerprint density at radius 2 is 2.55 bits per heavy atom. The SMILES string of the molecule is Cn1cc([C@@H](O)CCN)nn1. The molecule has 5 nitrogen and oxygen atoms in total. The number of rotatable bonds is 3. The first-order chi connectivity index (χ1) is 5.24. The van der Waals surface area contributed by atoms with Crippen LogP contribution >= 0.6 is 0 Å². The van der Waals surface area contributed by atoms with Crippen LogP contribution in [0.25, 0.3) is 0 Å². The van der Waals surface area contributed by atoms with Gasteiger partial charge in [0.2, 0.25) is 0 Å². The number of aryl methyl sites for hydroxylation is 1. The molecule has 5 heteroatoms. The van der Waals surface area contributed by atoms with Crippen LogP contribution in [0.1, 0.15) is 18.2 Å². The van der Waals surface area contributed by atoms with E-state index in [2.05, 4.69) is 10.3 Å². The molecule has 0 aromatic carbocycles. The minimum Gasteiger partial charge on any atom is -0.387 e. The van der Waals surface area contributed by atoms with Crippen molar-refractivity contribution >= 4 is 0 Å². The van der Waals surface area contributed by atoms with Gasteiger partial charge >= 0.3 is 0 Å². The maximum atomic E-state index is 9.34. The Hall–Kier alpha value is -0.940. The molecule has 0 aliphatic carbocycles. The molecule has 0 spiro atoms. The monoisotopic (exact) mass is 156 g/mol. The highest BCUT2D eigenvalue weighted by atomic mass is 16.3. The molecule has 0 aliphatic rings. The zero-order valence-electron chi connectivity index (χ0n) is 6.44. The highest BCUT2D eigenvalue weighted by Crippen LogP contribution is 2.10. The van der Waals surface area contributed by atoms with E-state index < -0.39 is 6.10 Å². The molecule has 0 fully saturated rings. The molecule has 3 N–H and O–H groups in total. The molecule has 0 radical (unpaired) electrons. The van der Waals surface area contributed by atoms with Crippen LogP contribution in [0.2, 0.25) is 0 Å². The minimum absolute atomic E-state index is 0.456. The van der Waals surface area contributed by atoms with E-state index in [1.807, 2.05) is 0 Å². The van der Waals surface area contributed by atoms with Crippen molar-refractivity contribution in [1.82, 2.24) is 15.0 Å². The second-order valence-electron chi connectivity index (χ2n) is 2.41. The molecule has 1 heterocycles. The Kier molecular flexibility index (Phi) is 2.56. The van der Waals surface area contributed by atoms with Crippen LogP contribution in [0.4, 0.5) is 0 Å². The number of aromatic nitrogens is 3. The first kappa shape index (κ1) is 8.16. The molecule has 0 amide bonds. The van der Waals surface area contributed by atoms with Gasteiger partial charge in [0.1, 0.15) is 11.8 Å². The van der Waals surface area contributed by atoms with Crippen molar-refractivity contribution in [1.29, 1.82) is 0 Å². The molecule has 62 valence electrons. The summed E-state index contributed by atoms with van der Waals surface area (Å²) in [6.45, 7) is 0.456. The number of aliphatic hydroxyl groups excluding tert-OH is 1. The van der Waals surface area contributed by atoms with Crippen molar-refractivity contribution in [3.05, 3.63) is 11.9 Å². The van der Waals surface area contributed by atoms with Crippen molar-refractivity contribution in [2.45, 2.75) is 12.5 Å². The highest BCUT2D eigenvalue weighted by Gasteiger charge is 2.09. The van der Waals surface area contributed by atoms with Gasteiger partial charge in [0.25, 0.3) is 0 Å². The molecule has 1 aromatic rings. The Bertz CT molecular complexity index is 222. The summed E-state index contributed by atoms with van der Waals surface area (Å²) in [5.74, 6) is 0. The van der Waals surface area contributed by atoms with Crippen LogP contribution < -0.4 is 5.73 Å². The molecule has 0 aliphatic heterocycles. The van der Waals surface area contributed by atoms with Crippen LogP contribution in [0, 0.1) is 0 Å². The Labute approximate surface area is 64.8 Å². The maximum absolute atomic E-state index is 9.34. The van der Waals surface area contributed by atoms with Gasteiger partial charge in [0.15, 0.2) is 0 Å². The van der Waals surface area contributed by atoms with Crippen LogP contribution in [0.5, 0.6) is 0 Å². The third-order valence-electron chi connectivity index (χ3n) is 1.40. The van der Waals surface area contributed by atoms with Gasteiger partial charge < -0.3 is 10.8 Å². The maximum Gasteiger partial charge on any atom is 0.111 e. The van der Waals surface area contributed by atoms with Crippen LogP contribution in [-0.4, -0.2) is 26.6 Å². The summed E-state index contributed by atoms with van der Waals surface area (Å²) < 4.78 is 1.55. The van der Waals surface area contributed by atoms with Gasteiger partial charge in [-0.25, -0.2) is 0 Å². The summed E-state index contributed by atoms with van der Waals surface area (Å²) in [6, 6.07) is 0. The third kappa shape index (κ3) is 1.99. The average Bonchev–Trinajstić information content (AvgIpc) is 2.36. The standard InChI is InChI=1S/C6H12N4O/c1-10-4-5(8-9-10)6(11)2-3-7/h4,6,11H,2-3,7H2,1H3/t6-/m0/s1. The lowest BCUT2D eigenvalue weighted by atomic mass is 10.2. The number of hydrogen-bond acceptors (Lipinski definition) is 4. The van der Waals surface area contributed by atoms with Gasteiger partial charge in [-0.1, -0.05) is 5.21 Å². The second-order valence-corrected chi connectivity index (χ2v) is 2.41. The number of nitrogens with two attached hydrogens (primary N) is 1. The Morgan fingerprint density at radius 1 is 1.82 bits per heavy atom. The lowest BCUT2D eigenvalue weighted by Crippen LogP contribution is -2.06. The van der Waals surface area contributed by atoms with E-state index in [4.69, 9.17) is 5.73 Å². The van der Waals surface area contributed by atoms with E-state index in [-0.39, 0.29) is 0 Å². The summed E-state index contributed by atoms with van der Waals surface area (Å²) in [5, 5.41) is 16.8. The van der Waals surface area contributed by atoms with E-state index in [1.54, 1.807) is 17.9 Å². The fraction of sp³-hybridized carbons (Fsp3) is 0.667. The van der Waals surface area contributed by atoms with Crippen LogP contribution in [0.3, 0.4) is 0 Å². The lowest BCUT2D eigenvalue weighted by molar-refractivity contribution is 0.165. The van der Waals surface area contributed by atoms with Crippen LogP contribution in [-0.2, 0) is 7.05 Å².